The number of anilines is 1. The second-order valence-corrected chi connectivity index (χ2v) is 2.32. The van der Waals surface area contributed by atoms with Crippen LogP contribution >= 0.6 is 0 Å². The first-order chi connectivity index (χ1) is 5.66. The fraction of sp³-hybridized carbons (Fsp3) is 0. The van der Waals surface area contributed by atoms with Crippen molar-refractivity contribution in [3.63, 3.8) is 0 Å². The fourth-order valence-corrected chi connectivity index (χ4v) is 0.924. The lowest BCUT2D eigenvalue weighted by atomic mass is 10.1. The van der Waals surface area contributed by atoms with Crippen LogP contribution in [0, 0.1) is 5.41 Å². The highest BCUT2D eigenvalue weighted by molar-refractivity contribution is 6.02. The number of para-hydroxylation sites is 1. The summed E-state index contributed by atoms with van der Waals surface area (Å²) in [5.41, 5.74) is 11.6. The van der Waals surface area contributed by atoms with Crippen LogP contribution in [0.25, 0.3) is 0 Å². The maximum Gasteiger partial charge on any atom is 0.250 e. The number of benzene rings is 1. The first-order valence-corrected chi connectivity index (χ1v) is 3.35. The van der Waals surface area contributed by atoms with E-state index in [2.05, 4.69) is 0 Å². The highest BCUT2D eigenvalue weighted by atomic mass is 16.1. The Kier molecular flexibility index (Phi) is 2.09. The number of amides is 1. The maximum atomic E-state index is 10.8. The molecule has 1 aromatic carbocycles. The predicted molar refractivity (Wildman–Crippen MR) is 47.3 cm³/mol. The number of nitrogen functional groups attached to an aromatic ring is 1. The van der Waals surface area contributed by atoms with Gasteiger partial charge in [-0.25, -0.2) is 0 Å². The maximum absolute atomic E-state index is 10.8. The number of nitrogens with two attached hydrogens (primary N) is 2. The van der Waals surface area contributed by atoms with E-state index in [0.29, 0.717) is 5.56 Å². The van der Waals surface area contributed by atoms with Crippen molar-refractivity contribution in [2.75, 3.05) is 5.73 Å². The standard InChI is InChI=1S/C8H9N3O/c9-4-5-2-1-3-6(7(5)10)8(11)12/h1-4,9H,10H2,(H2,11,12). The number of carbonyl (C=O) groups is 1. The highest BCUT2D eigenvalue weighted by Crippen LogP contribution is 2.14. The van der Waals surface area contributed by atoms with Gasteiger partial charge >= 0.3 is 0 Å². The molecule has 0 saturated carbocycles. The first-order valence-electron chi connectivity index (χ1n) is 3.35. The molecule has 0 spiro atoms. The minimum atomic E-state index is -0.573. The molecule has 1 aromatic rings. The van der Waals surface area contributed by atoms with Crippen LogP contribution in [0.3, 0.4) is 0 Å². The van der Waals surface area contributed by atoms with Crippen molar-refractivity contribution in [2.24, 2.45) is 5.73 Å². The molecule has 0 aromatic heterocycles. The van der Waals surface area contributed by atoms with Gasteiger partial charge in [0.05, 0.1) is 11.3 Å². The molecule has 4 heteroatoms. The van der Waals surface area contributed by atoms with E-state index >= 15 is 0 Å². The third-order valence-corrected chi connectivity index (χ3v) is 1.56. The van der Waals surface area contributed by atoms with Crippen molar-refractivity contribution < 1.29 is 4.79 Å². The molecule has 5 N–H and O–H groups in total. The Labute approximate surface area is 69.7 Å². The van der Waals surface area contributed by atoms with E-state index in [0.717, 1.165) is 6.21 Å². The molecule has 0 atom stereocenters. The number of hydrogen-bond acceptors (Lipinski definition) is 3. The smallest absolute Gasteiger partial charge is 0.250 e. The molecule has 0 radical (unpaired) electrons. The van der Waals surface area contributed by atoms with Crippen LogP contribution < -0.4 is 11.5 Å². The summed E-state index contributed by atoms with van der Waals surface area (Å²) < 4.78 is 0. The van der Waals surface area contributed by atoms with Crippen molar-refractivity contribution in [1.82, 2.24) is 0 Å². The SMILES string of the molecule is N=Cc1cccc(C(N)=O)c1N. The monoisotopic (exact) mass is 163 g/mol. The largest absolute Gasteiger partial charge is 0.398 e. The Balaban J connectivity index is 3.32. The van der Waals surface area contributed by atoms with Crippen LogP contribution in [0.4, 0.5) is 5.69 Å². The summed E-state index contributed by atoms with van der Waals surface area (Å²) in [6.45, 7) is 0. The van der Waals surface area contributed by atoms with Gasteiger partial charge in [0, 0.05) is 11.8 Å². The van der Waals surface area contributed by atoms with Gasteiger partial charge in [-0.3, -0.25) is 4.79 Å². The number of primary amides is 1. The molecule has 12 heavy (non-hydrogen) atoms. The summed E-state index contributed by atoms with van der Waals surface area (Å²) in [4.78, 5) is 10.8. The molecule has 62 valence electrons. The number of nitrogens with one attached hydrogen (secondary N) is 1. The van der Waals surface area contributed by atoms with E-state index < -0.39 is 5.91 Å². The number of hydrogen-bond donors (Lipinski definition) is 3. The van der Waals surface area contributed by atoms with E-state index in [1.54, 1.807) is 12.1 Å². The van der Waals surface area contributed by atoms with E-state index in [1.807, 2.05) is 0 Å². The van der Waals surface area contributed by atoms with Gasteiger partial charge in [0.1, 0.15) is 0 Å². The molecule has 1 amide bonds. The average molecular weight is 163 g/mol. The summed E-state index contributed by atoms with van der Waals surface area (Å²) in [7, 11) is 0. The first kappa shape index (κ1) is 8.26. The summed E-state index contributed by atoms with van der Waals surface area (Å²) >= 11 is 0. The van der Waals surface area contributed by atoms with Crippen molar-refractivity contribution in [3.8, 4) is 0 Å². The molecule has 1 rings (SSSR count). The van der Waals surface area contributed by atoms with E-state index in [1.165, 1.54) is 6.07 Å². The number of rotatable bonds is 2. The third-order valence-electron chi connectivity index (χ3n) is 1.56. The van der Waals surface area contributed by atoms with Crippen LogP contribution in [0.5, 0.6) is 0 Å². The number of carbonyl (C=O) groups excluding carboxylic acids is 1. The molecule has 0 fully saturated rings. The molecule has 0 aliphatic rings. The second-order valence-electron chi connectivity index (χ2n) is 2.32. The van der Waals surface area contributed by atoms with Gasteiger partial charge in [-0.15, -0.1) is 0 Å². The van der Waals surface area contributed by atoms with Gasteiger partial charge in [0.2, 0.25) is 0 Å². The molecule has 0 unspecified atom stereocenters. The van der Waals surface area contributed by atoms with Gasteiger partial charge in [0.25, 0.3) is 5.91 Å². The van der Waals surface area contributed by atoms with Crippen LogP contribution in [-0.2, 0) is 0 Å². The van der Waals surface area contributed by atoms with Crippen molar-refractivity contribution >= 4 is 17.8 Å². The molecule has 0 aliphatic heterocycles. The summed E-state index contributed by atoms with van der Waals surface area (Å²) in [6, 6.07) is 4.82. The molecule has 0 heterocycles. The summed E-state index contributed by atoms with van der Waals surface area (Å²) in [5, 5.41) is 6.97. The molecule has 0 bridgehead atoms. The molecule has 0 aliphatic carbocycles. The summed E-state index contributed by atoms with van der Waals surface area (Å²) in [5.74, 6) is -0.573. The van der Waals surface area contributed by atoms with Crippen LogP contribution in [-0.4, -0.2) is 12.1 Å². The summed E-state index contributed by atoms with van der Waals surface area (Å²) in [6.07, 6.45) is 1.09. The lowest BCUT2D eigenvalue weighted by Gasteiger charge is -2.03. The van der Waals surface area contributed by atoms with Crippen molar-refractivity contribution in [2.45, 2.75) is 0 Å². The van der Waals surface area contributed by atoms with Crippen molar-refractivity contribution in [1.29, 1.82) is 5.41 Å². The Morgan fingerprint density at radius 2 is 2.17 bits per heavy atom. The van der Waals surface area contributed by atoms with Crippen LogP contribution in [0.2, 0.25) is 0 Å². The Morgan fingerprint density at radius 3 is 2.67 bits per heavy atom. The zero-order valence-electron chi connectivity index (χ0n) is 6.37. The second kappa shape index (κ2) is 3.04. The van der Waals surface area contributed by atoms with Gasteiger partial charge in [-0.2, -0.15) is 0 Å². The van der Waals surface area contributed by atoms with Crippen LogP contribution in [0.1, 0.15) is 15.9 Å². The lowest BCUT2D eigenvalue weighted by Crippen LogP contribution is -2.14. The Bertz CT molecular complexity index is 333. The lowest BCUT2D eigenvalue weighted by molar-refractivity contribution is 0.100. The van der Waals surface area contributed by atoms with Gasteiger partial charge in [-0.1, -0.05) is 12.1 Å². The van der Waals surface area contributed by atoms with E-state index in [9.17, 15) is 4.79 Å². The Hall–Kier alpha value is -1.84. The third kappa shape index (κ3) is 1.27. The molecule has 4 nitrogen and oxygen atoms in total. The van der Waals surface area contributed by atoms with E-state index in [4.69, 9.17) is 16.9 Å². The minimum absolute atomic E-state index is 0.260. The molecular formula is C8H9N3O. The molecule has 0 saturated heterocycles. The average Bonchev–Trinajstić information content (AvgIpc) is 2.04. The Morgan fingerprint density at radius 1 is 1.50 bits per heavy atom. The quantitative estimate of drug-likeness (QED) is 0.434. The molecular weight excluding hydrogens is 154 g/mol. The van der Waals surface area contributed by atoms with Gasteiger partial charge in [0.15, 0.2) is 0 Å². The predicted octanol–water partition coefficient (Wildman–Crippen LogP) is 0.365. The topological polar surface area (TPSA) is 93.0 Å². The fourth-order valence-electron chi connectivity index (χ4n) is 0.924. The minimum Gasteiger partial charge on any atom is -0.398 e. The van der Waals surface area contributed by atoms with Crippen LogP contribution in [0.15, 0.2) is 18.2 Å². The van der Waals surface area contributed by atoms with E-state index in [-0.39, 0.29) is 11.3 Å². The zero-order valence-corrected chi connectivity index (χ0v) is 6.37. The van der Waals surface area contributed by atoms with Gasteiger partial charge < -0.3 is 16.9 Å². The van der Waals surface area contributed by atoms with Gasteiger partial charge in [-0.05, 0) is 6.07 Å². The zero-order chi connectivity index (χ0) is 9.14. The van der Waals surface area contributed by atoms with Crippen molar-refractivity contribution in [3.05, 3.63) is 29.3 Å². The normalized spacial score (nSPS) is 9.33. The highest BCUT2D eigenvalue weighted by Gasteiger charge is 2.06.